The van der Waals surface area contributed by atoms with Crippen LogP contribution in [-0.4, -0.2) is 10.2 Å². The summed E-state index contributed by atoms with van der Waals surface area (Å²) in [5, 5.41) is 18.2. The molecule has 126 valence electrons. The Kier molecular flexibility index (Phi) is 21.0. The van der Waals surface area contributed by atoms with Crippen LogP contribution in [0.25, 0.3) is 11.1 Å². The van der Waals surface area contributed by atoms with Gasteiger partial charge in [0, 0.05) is 0 Å². The molecule has 10 heteroatoms. The van der Waals surface area contributed by atoms with Crippen LogP contribution < -0.4 is 46.7 Å². The van der Waals surface area contributed by atoms with Crippen molar-refractivity contribution in [1.82, 2.24) is 0 Å². The van der Waals surface area contributed by atoms with Gasteiger partial charge in [0.1, 0.15) is 11.5 Å². The lowest BCUT2D eigenvalue weighted by Gasteiger charge is -2.01. The molecule has 0 aliphatic rings. The second-order valence-corrected chi connectivity index (χ2v) is 3.09. The molecule has 0 radical (unpaired) electrons. The van der Waals surface area contributed by atoms with Gasteiger partial charge in [-0.1, -0.05) is 24.3 Å². The predicted octanol–water partition coefficient (Wildman–Crippen LogP) is -1.96. The number of nitrogens with two attached hydrogens (primary N) is 8. The summed E-state index contributed by atoms with van der Waals surface area (Å²) in [6, 6.07) is 13.9. The van der Waals surface area contributed by atoms with Gasteiger partial charge in [-0.05, 0) is 35.4 Å². The van der Waals surface area contributed by atoms with E-state index in [0.717, 1.165) is 11.1 Å². The van der Waals surface area contributed by atoms with E-state index in [1.807, 2.05) is 24.3 Å². The van der Waals surface area contributed by atoms with E-state index >= 15 is 0 Å². The van der Waals surface area contributed by atoms with Crippen LogP contribution in [-0.2, 0) is 0 Å². The van der Waals surface area contributed by atoms with Crippen LogP contribution >= 0.6 is 0 Å². The first-order valence-electron chi connectivity index (χ1n) is 5.67. The average Bonchev–Trinajstić information content (AvgIpc) is 2.63. The Morgan fingerprint density at radius 3 is 0.773 bits per heavy atom. The van der Waals surface area contributed by atoms with Crippen molar-refractivity contribution in [3.8, 4) is 22.6 Å². The molecule has 0 fully saturated rings. The highest BCUT2D eigenvalue weighted by molar-refractivity contribution is 5.64. The maximum atomic E-state index is 9.11. The molecule has 0 unspecified atom stereocenters. The second kappa shape index (κ2) is 18.7. The van der Waals surface area contributed by atoms with Gasteiger partial charge in [-0.15, -0.1) is 0 Å². The van der Waals surface area contributed by atoms with Crippen molar-refractivity contribution in [2.75, 3.05) is 0 Å². The van der Waals surface area contributed by atoms with Gasteiger partial charge < -0.3 is 10.2 Å². The summed E-state index contributed by atoms with van der Waals surface area (Å²) in [5.74, 6) is 32.5. The molecule has 2 aromatic carbocycles. The summed E-state index contributed by atoms with van der Waals surface area (Å²) < 4.78 is 0. The second-order valence-electron chi connectivity index (χ2n) is 3.09. The lowest BCUT2D eigenvalue weighted by atomic mass is 10.1. The first-order valence-corrected chi connectivity index (χ1v) is 5.67. The first-order chi connectivity index (χ1) is 10.8. The predicted molar refractivity (Wildman–Crippen MR) is 88.7 cm³/mol. The SMILES string of the molecule is NN.NN.NN.NN.Oc1ccc(-c2ccc(O)cc2)cc1. The van der Waals surface area contributed by atoms with Crippen molar-refractivity contribution in [2.45, 2.75) is 0 Å². The number of benzene rings is 2. The standard InChI is InChI=1S/C12H10O2.4H4N2/c13-11-5-1-9(2-6-11)10-3-7-12(14)8-4-10;4*1-2/h1-8,13-14H;4*1-2H2. The number of aromatic hydroxyl groups is 2. The zero-order chi connectivity index (χ0) is 18.0. The zero-order valence-electron chi connectivity index (χ0n) is 12.1. The fourth-order valence-corrected chi connectivity index (χ4v) is 1.31. The molecule has 0 aliphatic heterocycles. The third kappa shape index (κ3) is 10.5. The summed E-state index contributed by atoms with van der Waals surface area (Å²) >= 11 is 0. The van der Waals surface area contributed by atoms with E-state index in [-0.39, 0.29) is 11.5 Å². The fraction of sp³-hybridized carbons (Fsp3) is 0. The van der Waals surface area contributed by atoms with Crippen molar-refractivity contribution >= 4 is 0 Å². The Hall–Kier alpha value is -2.28. The molecule has 0 aromatic heterocycles. The van der Waals surface area contributed by atoms with Gasteiger partial charge in [-0.3, -0.25) is 46.7 Å². The van der Waals surface area contributed by atoms with Crippen LogP contribution in [0.3, 0.4) is 0 Å². The van der Waals surface area contributed by atoms with Crippen LogP contribution in [0.15, 0.2) is 48.5 Å². The van der Waals surface area contributed by atoms with Crippen LogP contribution in [0, 0.1) is 0 Å². The normalized spacial score (nSPS) is 7.45. The van der Waals surface area contributed by atoms with E-state index in [2.05, 4.69) is 46.7 Å². The smallest absolute Gasteiger partial charge is 0.115 e. The Balaban J connectivity index is -0.000000394. The topological polar surface area (TPSA) is 249 Å². The van der Waals surface area contributed by atoms with E-state index in [0.29, 0.717) is 0 Å². The minimum Gasteiger partial charge on any atom is -0.508 e. The number of phenols is 2. The van der Waals surface area contributed by atoms with Crippen LogP contribution in [0.1, 0.15) is 0 Å². The highest BCUT2D eigenvalue weighted by Crippen LogP contribution is 2.23. The molecule has 18 N–H and O–H groups in total. The quantitative estimate of drug-likeness (QED) is 0.205. The maximum Gasteiger partial charge on any atom is 0.115 e. The van der Waals surface area contributed by atoms with Crippen LogP contribution in [0.2, 0.25) is 0 Å². The molecule has 0 aliphatic carbocycles. The first kappa shape index (κ1) is 24.7. The van der Waals surface area contributed by atoms with Crippen molar-refractivity contribution in [2.24, 2.45) is 46.7 Å². The molecule has 22 heavy (non-hydrogen) atoms. The molecule has 2 aromatic rings. The summed E-state index contributed by atoms with van der Waals surface area (Å²) in [5.41, 5.74) is 2.03. The fourth-order valence-electron chi connectivity index (χ4n) is 1.31. The van der Waals surface area contributed by atoms with E-state index < -0.39 is 0 Å². The molecular formula is C12H26N8O2. The van der Waals surface area contributed by atoms with Crippen molar-refractivity contribution in [1.29, 1.82) is 0 Å². The lowest BCUT2D eigenvalue weighted by molar-refractivity contribution is 0.474. The highest BCUT2D eigenvalue weighted by Gasteiger charge is 1.96. The molecular weight excluding hydrogens is 288 g/mol. The van der Waals surface area contributed by atoms with E-state index in [9.17, 15) is 0 Å². The van der Waals surface area contributed by atoms with Gasteiger partial charge >= 0.3 is 0 Å². The van der Waals surface area contributed by atoms with Gasteiger partial charge in [0.05, 0.1) is 0 Å². The number of hydrogen-bond donors (Lipinski definition) is 10. The van der Waals surface area contributed by atoms with Gasteiger partial charge in [0.25, 0.3) is 0 Å². The summed E-state index contributed by atoms with van der Waals surface area (Å²) in [6.45, 7) is 0. The largest absolute Gasteiger partial charge is 0.508 e. The number of phenolic OH excluding ortho intramolecular Hbond substituents is 2. The van der Waals surface area contributed by atoms with E-state index in [4.69, 9.17) is 10.2 Å². The summed E-state index contributed by atoms with van der Waals surface area (Å²) in [4.78, 5) is 0. The average molecular weight is 314 g/mol. The Morgan fingerprint density at radius 2 is 0.591 bits per heavy atom. The van der Waals surface area contributed by atoms with E-state index in [1.165, 1.54) is 0 Å². The van der Waals surface area contributed by atoms with Crippen molar-refractivity contribution in [3.05, 3.63) is 48.5 Å². The van der Waals surface area contributed by atoms with E-state index in [1.54, 1.807) is 24.3 Å². The molecule has 0 bridgehead atoms. The lowest BCUT2D eigenvalue weighted by Crippen LogP contribution is -2.02. The summed E-state index contributed by atoms with van der Waals surface area (Å²) in [7, 11) is 0. The molecule has 10 nitrogen and oxygen atoms in total. The molecule has 0 amide bonds. The maximum absolute atomic E-state index is 9.11. The Morgan fingerprint density at radius 1 is 0.409 bits per heavy atom. The molecule has 0 heterocycles. The number of hydrogen-bond acceptors (Lipinski definition) is 10. The molecule has 0 saturated carbocycles. The van der Waals surface area contributed by atoms with Crippen molar-refractivity contribution < 1.29 is 10.2 Å². The molecule has 0 spiro atoms. The minimum atomic E-state index is 0.257. The highest BCUT2D eigenvalue weighted by atomic mass is 16.3. The molecule has 2 rings (SSSR count). The third-order valence-electron chi connectivity index (χ3n) is 2.07. The number of rotatable bonds is 1. The zero-order valence-corrected chi connectivity index (χ0v) is 12.1. The molecule has 0 saturated heterocycles. The summed E-state index contributed by atoms with van der Waals surface area (Å²) in [6.07, 6.45) is 0. The molecule has 0 atom stereocenters. The number of hydrazine groups is 4. The van der Waals surface area contributed by atoms with Crippen molar-refractivity contribution in [3.63, 3.8) is 0 Å². The van der Waals surface area contributed by atoms with Crippen LogP contribution in [0.4, 0.5) is 0 Å². The Labute approximate surface area is 129 Å². The van der Waals surface area contributed by atoms with Gasteiger partial charge in [0.2, 0.25) is 0 Å². The Bertz CT molecular complexity index is 392. The van der Waals surface area contributed by atoms with Gasteiger partial charge in [0.15, 0.2) is 0 Å². The third-order valence-corrected chi connectivity index (χ3v) is 2.07. The van der Waals surface area contributed by atoms with Gasteiger partial charge in [-0.25, -0.2) is 0 Å². The van der Waals surface area contributed by atoms with Gasteiger partial charge in [-0.2, -0.15) is 0 Å². The minimum absolute atomic E-state index is 0.257. The monoisotopic (exact) mass is 314 g/mol. The van der Waals surface area contributed by atoms with Crippen LogP contribution in [0.5, 0.6) is 11.5 Å².